The van der Waals surface area contributed by atoms with Crippen LogP contribution in [0.25, 0.3) is 0 Å². The summed E-state index contributed by atoms with van der Waals surface area (Å²) in [5, 5.41) is 6.87. The highest BCUT2D eigenvalue weighted by Crippen LogP contribution is 2.29. The molecule has 28 heavy (non-hydrogen) atoms. The first-order chi connectivity index (χ1) is 13.1. The number of anilines is 1. The number of benzene rings is 1. The van der Waals surface area contributed by atoms with Crippen LogP contribution in [0.15, 0.2) is 29.3 Å². The Morgan fingerprint density at radius 2 is 2.07 bits per heavy atom. The normalized spacial score (nSPS) is 19.8. The number of guanidine groups is 1. The van der Waals surface area contributed by atoms with E-state index in [-0.39, 0.29) is 35.9 Å². The number of hydrogen-bond donors (Lipinski definition) is 2. The Labute approximate surface area is 186 Å². The Morgan fingerprint density at radius 1 is 1.29 bits per heavy atom. The van der Waals surface area contributed by atoms with E-state index >= 15 is 0 Å². The van der Waals surface area contributed by atoms with Crippen LogP contribution in [0, 0.1) is 0 Å². The van der Waals surface area contributed by atoms with Gasteiger partial charge in [-0.25, -0.2) is 0 Å². The van der Waals surface area contributed by atoms with Crippen LogP contribution in [0.5, 0.6) is 0 Å². The first-order valence-corrected chi connectivity index (χ1v) is 10.3. The molecule has 2 aliphatic heterocycles. The van der Waals surface area contributed by atoms with Crippen molar-refractivity contribution in [2.45, 2.75) is 52.1 Å². The van der Waals surface area contributed by atoms with Gasteiger partial charge >= 0.3 is 0 Å². The van der Waals surface area contributed by atoms with Crippen molar-refractivity contribution in [3.63, 3.8) is 0 Å². The van der Waals surface area contributed by atoms with Crippen molar-refractivity contribution >= 4 is 41.5 Å². The van der Waals surface area contributed by atoms with E-state index in [1.54, 1.807) is 0 Å². The molecular weight excluding hydrogens is 465 g/mol. The predicted octanol–water partition coefficient (Wildman–Crippen LogP) is 2.62. The molecule has 0 radical (unpaired) electrons. The summed E-state index contributed by atoms with van der Waals surface area (Å²) in [6.07, 6.45) is 2.67. The average molecular weight is 499 g/mol. The number of para-hydroxylation sites is 1. The van der Waals surface area contributed by atoms with Crippen molar-refractivity contribution in [2.75, 3.05) is 37.6 Å². The van der Waals surface area contributed by atoms with Gasteiger partial charge in [-0.15, -0.1) is 24.0 Å². The third-order valence-electron chi connectivity index (χ3n) is 5.50. The van der Waals surface area contributed by atoms with Gasteiger partial charge in [-0.3, -0.25) is 9.79 Å². The van der Waals surface area contributed by atoms with Crippen LogP contribution in [-0.2, 0) is 11.2 Å². The Bertz CT molecular complexity index is 681. The van der Waals surface area contributed by atoms with Gasteiger partial charge in [0.05, 0.1) is 6.54 Å². The zero-order chi connectivity index (χ0) is 19.2. The molecule has 2 unspecified atom stereocenters. The minimum Gasteiger partial charge on any atom is -0.366 e. The Kier molecular flexibility index (Phi) is 8.85. The molecule has 1 fully saturated rings. The molecule has 0 spiro atoms. The third-order valence-corrected chi connectivity index (χ3v) is 5.50. The van der Waals surface area contributed by atoms with E-state index in [0.29, 0.717) is 12.5 Å². The molecule has 2 aliphatic rings. The van der Waals surface area contributed by atoms with Crippen molar-refractivity contribution in [3.8, 4) is 0 Å². The largest absolute Gasteiger partial charge is 0.366 e. The predicted molar refractivity (Wildman–Crippen MR) is 127 cm³/mol. The van der Waals surface area contributed by atoms with Crippen molar-refractivity contribution in [1.29, 1.82) is 0 Å². The number of aliphatic imine (C=N–C) groups is 1. The number of rotatable bonds is 6. The molecule has 7 heteroatoms. The van der Waals surface area contributed by atoms with Crippen molar-refractivity contribution < 1.29 is 4.79 Å². The molecule has 1 saturated heterocycles. The number of nitrogens with zero attached hydrogens (tertiary/aromatic N) is 3. The van der Waals surface area contributed by atoms with Gasteiger partial charge in [0.25, 0.3) is 0 Å². The van der Waals surface area contributed by atoms with Crippen LogP contribution in [-0.4, -0.2) is 61.6 Å². The second-order valence-corrected chi connectivity index (χ2v) is 7.46. The van der Waals surface area contributed by atoms with Crippen LogP contribution < -0.4 is 15.5 Å². The number of likely N-dealkylation sites (tertiary alicyclic amines) is 1. The lowest BCUT2D eigenvalue weighted by Crippen LogP contribution is -2.45. The van der Waals surface area contributed by atoms with E-state index in [0.717, 1.165) is 51.5 Å². The second-order valence-electron chi connectivity index (χ2n) is 7.46. The third kappa shape index (κ3) is 5.52. The number of hydrogen-bond acceptors (Lipinski definition) is 3. The van der Waals surface area contributed by atoms with Gasteiger partial charge in [0.15, 0.2) is 5.96 Å². The summed E-state index contributed by atoms with van der Waals surface area (Å²) >= 11 is 0. The van der Waals surface area contributed by atoms with E-state index in [4.69, 9.17) is 4.99 Å². The summed E-state index contributed by atoms with van der Waals surface area (Å²) in [6.45, 7) is 10.5. The van der Waals surface area contributed by atoms with Crippen LogP contribution in [0.4, 0.5) is 5.69 Å². The molecule has 2 atom stereocenters. The first kappa shape index (κ1) is 22.8. The number of amides is 1. The Balaban J connectivity index is 0.00000280. The Hall–Kier alpha value is -1.51. The van der Waals surface area contributed by atoms with Crippen LogP contribution in [0.2, 0.25) is 0 Å². The molecule has 2 heterocycles. The second kappa shape index (κ2) is 10.9. The number of halogens is 1. The quantitative estimate of drug-likeness (QED) is 0.359. The van der Waals surface area contributed by atoms with Gasteiger partial charge in [0.2, 0.25) is 5.91 Å². The lowest BCUT2D eigenvalue weighted by molar-refractivity contribution is -0.129. The van der Waals surface area contributed by atoms with Crippen LogP contribution in [0.3, 0.4) is 0 Å². The molecule has 3 rings (SSSR count). The van der Waals surface area contributed by atoms with Gasteiger partial charge < -0.3 is 20.4 Å². The maximum absolute atomic E-state index is 11.9. The summed E-state index contributed by atoms with van der Waals surface area (Å²) in [5.41, 5.74) is 2.78. The van der Waals surface area contributed by atoms with E-state index < -0.39 is 0 Å². The maximum atomic E-state index is 11.9. The van der Waals surface area contributed by atoms with Gasteiger partial charge in [-0.1, -0.05) is 25.1 Å². The molecular formula is C21H34IN5O. The number of carbonyl (C=O) groups excluding carboxylic acids is 1. The molecule has 0 aliphatic carbocycles. The van der Waals surface area contributed by atoms with E-state index in [1.807, 2.05) is 11.8 Å². The van der Waals surface area contributed by atoms with Gasteiger partial charge in [-0.05, 0) is 38.3 Å². The molecule has 1 aromatic rings. The van der Waals surface area contributed by atoms with Crippen molar-refractivity contribution in [2.24, 2.45) is 4.99 Å². The lowest BCUT2D eigenvalue weighted by Gasteiger charge is -2.26. The molecule has 1 amide bonds. The topological polar surface area (TPSA) is 60.0 Å². The fourth-order valence-electron chi connectivity index (χ4n) is 3.99. The molecule has 0 bridgehead atoms. The molecule has 156 valence electrons. The molecule has 1 aromatic carbocycles. The van der Waals surface area contributed by atoms with Crippen molar-refractivity contribution in [1.82, 2.24) is 15.5 Å². The smallest absolute Gasteiger partial charge is 0.222 e. The van der Waals surface area contributed by atoms with Gasteiger partial charge in [0.1, 0.15) is 0 Å². The fraction of sp³-hybridized carbons (Fsp3) is 0.619. The SMILES string of the molecule is CCNC(=NCC(C)N1CCc2ccccc21)NC1CCN(C(=O)CC)C1.I. The zero-order valence-corrected chi connectivity index (χ0v) is 19.6. The van der Waals surface area contributed by atoms with Gasteiger partial charge in [-0.2, -0.15) is 0 Å². The minimum absolute atomic E-state index is 0. The van der Waals surface area contributed by atoms with Crippen molar-refractivity contribution in [3.05, 3.63) is 29.8 Å². The van der Waals surface area contributed by atoms with Crippen LogP contribution in [0.1, 0.15) is 39.2 Å². The highest BCUT2D eigenvalue weighted by molar-refractivity contribution is 14.0. The molecule has 2 N–H and O–H groups in total. The molecule has 0 saturated carbocycles. The molecule has 6 nitrogen and oxygen atoms in total. The highest BCUT2D eigenvalue weighted by atomic mass is 127. The summed E-state index contributed by atoms with van der Waals surface area (Å²) in [7, 11) is 0. The van der Waals surface area contributed by atoms with E-state index in [9.17, 15) is 4.79 Å². The summed E-state index contributed by atoms with van der Waals surface area (Å²) in [6, 6.07) is 9.30. The number of nitrogens with one attached hydrogen (secondary N) is 2. The van der Waals surface area contributed by atoms with Gasteiger partial charge in [0, 0.05) is 50.4 Å². The first-order valence-electron chi connectivity index (χ1n) is 10.3. The zero-order valence-electron chi connectivity index (χ0n) is 17.3. The van der Waals surface area contributed by atoms with E-state index in [1.165, 1.54) is 11.3 Å². The monoisotopic (exact) mass is 499 g/mol. The average Bonchev–Trinajstić information content (AvgIpc) is 3.32. The standard InChI is InChI=1S/C21H33N5O.HI/c1-4-20(27)25-12-11-18(15-25)24-21(22-5-2)23-14-16(3)26-13-10-17-8-6-7-9-19(17)26;/h6-9,16,18H,4-5,10-15H2,1-3H3,(H2,22,23,24);1H. The van der Waals surface area contributed by atoms with E-state index in [2.05, 4.69) is 53.6 Å². The maximum Gasteiger partial charge on any atom is 0.222 e. The summed E-state index contributed by atoms with van der Waals surface area (Å²) < 4.78 is 0. The minimum atomic E-state index is 0. The summed E-state index contributed by atoms with van der Waals surface area (Å²) in [4.78, 5) is 21.1. The van der Waals surface area contributed by atoms with Crippen LogP contribution >= 0.6 is 24.0 Å². The number of carbonyl (C=O) groups is 1. The fourth-order valence-corrected chi connectivity index (χ4v) is 3.99. The Morgan fingerprint density at radius 3 is 2.82 bits per heavy atom. The lowest BCUT2D eigenvalue weighted by atomic mass is 10.2. The highest BCUT2D eigenvalue weighted by Gasteiger charge is 2.26. The number of fused-ring (bicyclic) bond motifs is 1. The molecule has 0 aromatic heterocycles. The summed E-state index contributed by atoms with van der Waals surface area (Å²) in [5.74, 6) is 1.09.